The monoisotopic (exact) mass is 287 g/mol. The summed E-state index contributed by atoms with van der Waals surface area (Å²) in [6, 6.07) is 11.1. The van der Waals surface area contributed by atoms with Crippen LogP contribution in [0.3, 0.4) is 0 Å². The van der Waals surface area contributed by atoms with Crippen LogP contribution in [0.1, 0.15) is 22.7 Å². The molecule has 3 rings (SSSR count). The average Bonchev–Trinajstić information content (AvgIpc) is 2.76. The highest BCUT2D eigenvalue weighted by Crippen LogP contribution is 2.30. The number of aryl methyl sites for hydroxylation is 1. The topological polar surface area (TPSA) is 74.7 Å². The summed E-state index contributed by atoms with van der Waals surface area (Å²) < 4.78 is 0. The van der Waals surface area contributed by atoms with Crippen molar-refractivity contribution in [3.8, 4) is 0 Å². The van der Waals surface area contributed by atoms with Crippen LogP contribution in [0.4, 0.5) is 0 Å². The molecule has 1 heterocycles. The molecule has 20 heavy (non-hydrogen) atoms. The lowest BCUT2D eigenvalue weighted by molar-refractivity contribution is 0.863. The molecule has 3 aromatic rings. The Morgan fingerprint density at radius 3 is 2.45 bits per heavy atom. The fourth-order valence-corrected chi connectivity index (χ4v) is 2.70. The molecule has 0 aliphatic carbocycles. The van der Waals surface area contributed by atoms with Gasteiger partial charge in [-0.3, -0.25) is 0 Å². The molecule has 0 fully saturated rings. The summed E-state index contributed by atoms with van der Waals surface area (Å²) in [5, 5.41) is 0.545. The predicted molar refractivity (Wildman–Crippen MR) is 81.1 cm³/mol. The van der Waals surface area contributed by atoms with E-state index < -0.39 is 0 Å². The van der Waals surface area contributed by atoms with Gasteiger partial charge in [0.15, 0.2) is 0 Å². The van der Waals surface area contributed by atoms with Crippen molar-refractivity contribution < 1.29 is 0 Å². The number of H-pyrrole nitrogens is 2. The van der Waals surface area contributed by atoms with Crippen LogP contribution >= 0.6 is 11.6 Å². The Balaban J connectivity index is 2.16. The molecule has 0 amide bonds. The third-order valence-electron chi connectivity index (χ3n) is 3.49. The van der Waals surface area contributed by atoms with Crippen LogP contribution in [-0.4, -0.2) is 9.97 Å². The van der Waals surface area contributed by atoms with Gasteiger partial charge in [0.1, 0.15) is 0 Å². The van der Waals surface area contributed by atoms with E-state index in [-0.39, 0.29) is 11.7 Å². The van der Waals surface area contributed by atoms with Gasteiger partial charge in [0, 0.05) is 5.02 Å². The van der Waals surface area contributed by atoms with Crippen LogP contribution in [0.2, 0.25) is 5.02 Å². The van der Waals surface area contributed by atoms with Crippen molar-refractivity contribution in [3.63, 3.8) is 0 Å². The fourth-order valence-electron chi connectivity index (χ4n) is 2.41. The molecule has 0 aliphatic rings. The highest BCUT2D eigenvalue weighted by atomic mass is 35.5. The Morgan fingerprint density at radius 1 is 1.10 bits per heavy atom. The minimum atomic E-state index is -0.327. The predicted octanol–water partition coefficient (Wildman–Crippen LogP) is 2.87. The highest BCUT2D eigenvalue weighted by Gasteiger charge is 2.16. The Hall–Kier alpha value is -2.04. The minimum Gasteiger partial charge on any atom is -0.320 e. The van der Waals surface area contributed by atoms with E-state index in [4.69, 9.17) is 17.3 Å². The maximum atomic E-state index is 11.3. The van der Waals surface area contributed by atoms with Crippen LogP contribution in [-0.2, 0) is 0 Å². The summed E-state index contributed by atoms with van der Waals surface area (Å²) in [6.45, 7) is 2.01. The van der Waals surface area contributed by atoms with Crippen LogP contribution in [0.25, 0.3) is 11.0 Å². The van der Waals surface area contributed by atoms with Crippen molar-refractivity contribution in [1.82, 2.24) is 9.97 Å². The second kappa shape index (κ2) is 4.81. The summed E-state index contributed by atoms with van der Waals surface area (Å²) >= 11 is 6.29. The molecule has 0 aliphatic heterocycles. The van der Waals surface area contributed by atoms with Crippen molar-refractivity contribution in [2.24, 2.45) is 5.73 Å². The van der Waals surface area contributed by atoms with E-state index in [1.807, 2.05) is 37.3 Å². The van der Waals surface area contributed by atoms with Crippen molar-refractivity contribution in [3.05, 3.63) is 68.6 Å². The molecule has 0 spiro atoms. The molecule has 4 N–H and O–H groups in total. The van der Waals surface area contributed by atoms with Crippen LogP contribution in [0, 0.1) is 6.92 Å². The molecule has 1 aromatic heterocycles. The zero-order valence-electron chi connectivity index (χ0n) is 10.9. The molecule has 0 bridgehead atoms. The zero-order chi connectivity index (χ0) is 14.3. The fraction of sp³-hybridized carbons (Fsp3) is 0.133. The molecule has 0 radical (unpaired) electrons. The first-order chi connectivity index (χ1) is 9.56. The number of benzene rings is 2. The smallest absolute Gasteiger partial charge is 0.320 e. The summed E-state index contributed by atoms with van der Waals surface area (Å²) in [4.78, 5) is 16.7. The van der Waals surface area contributed by atoms with Gasteiger partial charge >= 0.3 is 5.69 Å². The van der Waals surface area contributed by atoms with Crippen LogP contribution in [0.15, 0.2) is 41.2 Å². The molecule has 102 valence electrons. The van der Waals surface area contributed by atoms with Gasteiger partial charge in [-0.1, -0.05) is 35.9 Å². The van der Waals surface area contributed by atoms with Gasteiger partial charge in [-0.2, -0.15) is 0 Å². The lowest BCUT2D eigenvalue weighted by Crippen LogP contribution is -2.13. The van der Waals surface area contributed by atoms with E-state index in [0.717, 1.165) is 16.7 Å². The van der Waals surface area contributed by atoms with E-state index in [9.17, 15) is 4.79 Å². The van der Waals surface area contributed by atoms with Crippen LogP contribution < -0.4 is 11.4 Å². The van der Waals surface area contributed by atoms with Gasteiger partial charge < -0.3 is 15.7 Å². The first-order valence-electron chi connectivity index (χ1n) is 6.29. The van der Waals surface area contributed by atoms with Gasteiger partial charge in [-0.15, -0.1) is 0 Å². The molecular formula is C15H14ClN3O. The van der Waals surface area contributed by atoms with Crippen molar-refractivity contribution in [2.45, 2.75) is 13.0 Å². The van der Waals surface area contributed by atoms with E-state index in [1.54, 1.807) is 6.07 Å². The summed E-state index contributed by atoms with van der Waals surface area (Å²) in [7, 11) is 0. The third-order valence-corrected chi connectivity index (χ3v) is 3.82. The Labute approximate surface area is 120 Å². The van der Waals surface area contributed by atoms with E-state index in [1.165, 1.54) is 0 Å². The summed E-state index contributed by atoms with van der Waals surface area (Å²) in [5.74, 6) is 0. The third kappa shape index (κ3) is 2.13. The number of halogens is 1. The van der Waals surface area contributed by atoms with Gasteiger partial charge in [-0.05, 0) is 35.7 Å². The average molecular weight is 288 g/mol. The number of hydrogen-bond donors (Lipinski definition) is 3. The number of imidazole rings is 1. The first-order valence-corrected chi connectivity index (χ1v) is 6.66. The number of hydrogen-bond acceptors (Lipinski definition) is 2. The number of nitrogens with one attached hydrogen (secondary N) is 2. The molecule has 2 aromatic carbocycles. The zero-order valence-corrected chi connectivity index (χ0v) is 11.7. The molecule has 4 nitrogen and oxygen atoms in total. The van der Waals surface area contributed by atoms with Crippen molar-refractivity contribution >= 4 is 22.6 Å². The van der Waals surface area contributed by atoms with E-state index in [0.29, 0.717) is 16.1 Å². The van der Waals surface area contributed by atoms with E-state index in [2.05, 4.69) is 9.97 Å². The normalized spacial score (nSPS) is 12.8. The molecule has 5 heteroatoms. The van der Waals surface area contributed by atoms with Crippen molar-refractivity contribution in [1.29, 1.82) is 0 Å². The SMILES string of the molecule is Cc1ccccc1C(N)c1cc2[nH]c(=O)[nH]c2cc1Cl. The number of rotatable bonds is 2. The maximum Gasteiger partial charge on any atom is 0.323 e. The molecule has 1 atom stereocenters. The number of aromatic nitrogens is 2. The first kappa shape index (κ1) is 13.0. The van der Waals surface area contributed by atoms with Gasteiger partial charge in [0.05, 0.1) is 17.1 Å². The minimum absolute atomic E-state index is 0.252. The standard InChI is InChI=1S/C15H14ClN3O/c1-8-4-2-3-5-9(8)14(17)10-6-12-13(7-11(10)16)19-15(20)18-12/h2-7,14H,17H2,1H3,(H2,18,19,20). The van der Waals surface area contributed by atoms with Crippen LogP contribution in [0.5, 0.6) is 0 Å². The molecule has 0 saturated heterocycles. The quantitative estimate of drug-likeness (QED) is 0.678. The summed E-state index contributed by atoms with van der Waals surface area (Å²) in [6.07, 6.45) is 0. The second-order valence-corrected chi connectivity index (χ2v) is 5.24. The number of fused-ring (bicyclic) bond motifs is 1. The maximum absolute atomic E-state index is 11.3. The Kier molecular flexibility index (Phi) is 3.12. The largest absolute Gasteiger partial charge is 0.323 e. The molecule has 0 saturated carbocycles. The Bertz CT molecular complexity index is 834. The Morgan fingerprint density at radius 2 is 1.75 bits per heavy atom. The summed E-state index contributed by atoms with van der Waals surface area (Å²) in [5.41, 5.74) is 10.4. The van der Waals surface area contributed by atoms with Gasteiger partial charge in [0.2, 0.25) is 0 Å². The van der Waals surface area contributed by atoms with Crippen molar-refractivity contribution in [2.75, 3.05) is 0 Å². The van der Waals surface area contributed by atoms with E-state index >= 15 is 0 Å². The number of aromatic amines is 2. The lowest BCUT2D eigenvalue weighted by atomic mass is 9.95. The highest BCUT2D eigenvalue weighted by molar-refractivity contribution is 6.32. The molecule has 1 unspecified atom stereocenters. The van der Waals surface area contributed by atoms with Gasteiger partial charge in [0.25, 0.3) is 0 Å². The lowest BCUT2D eigenvalue weighted by Gasteiger charge is -2.16. The second-order valence-electron chi connectivity index (χ2n) is 4.83. The van der Waals surface area contributed by atoms with Gasteiger partial charge in [-0.25, -0.2) is 4.79 Å². The number of nitrogens with two attached hydrogens (primary N) is 1. The molecular weight excluding hydrogens is 274 g/mol.